The molecular weight excluding hydrogens is 899 g/mol. The largest absolute Gasteiger partial charge is 1.00 e. The molecule has 0 saturated heterocycles. The van der Waals surface area contributed by atoms with Crippen molar-refractivity contribution >= 4 is 55.2 Å². The van der Waals surface area contributed by atoms with Crippen molar-refractivity contribution in [2.45, 2.75) is 0 Å². The van der Waals surface area contributed by atoms with Gasteiger partial charge in [0.15, 0.2) is 0 Å². The molecule has 0 bridgehead atoms. The molecule has 6 aromatic carbocycles. The number of rotatable bonds is 9. The van der Waals surface area contributed by atoms with Gasteiger partial charge in [0.25, 0.3) is 16.0 Å². The summed E-state index contributed by atoms with van der Waals surface area (Å²) >= 11 is 0. The van der Waals surface area contributed by atoms with Crippen molar-refractivity contribution in [2.75, 3.05) is 24.6 Å². The number of fused-ring (bicyclic) bond motifs is 6. The van der Waals surface area contributed by atoms with Crippen molar-refractivity contribution in [3.05, 3.63) is 167 Å². The average Bonchev–Trinajstić information content (AvgIpc) is 3.26. The number of carboxylic acids is 1. The molecule has 2 aliphatic carbocycles. The van der Waals surface area contributed by atoms with E-state index >= 15 is 0 Å². The molecule has 0 unspecified atom stereocenters. The average molecular weight is 933 g/mol. The Morgan fingerprint density at radius 3 is 1.22 bits per heavy atom. The van der Waals surface area contributed by atoms with Gasteiger partial charge in [0.1, 0.15) is 0 Å². The van der Waals surface area contributed by atoms with Crippen molar-refractivity contribution in [3.8, 4) is 44.5 Å². The molecule has 0 spiro atoms. The SMILES string of the molecule is NCCS(=O)(=O)O.O=C(NCCS(=O)(=O)[O-])c1ccc(-c2ccc3c(c2)C(=O)C(=O)c2ccccc2-3)cc1.O=C([O-])c1ccc(-c2ccc3c(c2)C(=O)C(=O)c2ccccc2-3)cc1.[Na+].[Na+]. The number of nitrogens with two attached hydrogens (primary N) is 1. The van der Waals surface area contributed by atoms with Crippen LogP contribution in [0.4, 0.5) is 0 Å². The van der Waals surface area contributed by atoms with Gasteiger partial charge < -0.3 is 25.5 Å². The summed E-state index contributed by atoms with van der Waals surface area (Å²) in [5.41, 5.74) is 12.5. The first-order chi connectivity index (χ1) is 29.9. The van der Waals surface area contributed by atoms with E-state index in [1.54, 1.807) is 78.9 Å². The minimum Gasteiger partial charge on any atom is -0.748 e. The second kappa shape index (κ2) is 22.3. The molecule has 0 radical (unpaired) electrons. The quantitative estimate of drug-likeness (QED) is 0.0827. The molecule has 2 aliphatic rings. The van der Waals surface area contributed by atoms with Crippen molar-refractivity contribution in [1.29, 1.82) is 0 Å². The Hall–Kier alpha value is -5.28. The molecule has 6 aromatic rings. The van der Waals surface area contributed by atoms with Crippen LogP contribution in [-0.4, -0.2) is 85.5 Å². The Balaban J connectivity index is 0.000000245. The van der Waals surface area contributed by atoms with Gasteiger partial charge >= 0.3 is 59.1 Å². The summed E-state index contributed by atoms with van der Waals surface area (Å²) in [6, 6.07) is 37.4. The smallest absolute Gasteiger partial charge is 0.748 e. The number of hydrogen-bond donors (Lipinski definition) is 3. The van der Waals surface area contributed by atoms with Crippen molar-refractivity contribution in [1.82, 2.24) is 5.32 Å². The molecule has 0 atom stereocenters. The van der Waals surface area contributed by atoms with E-state index in [1.165, 1.54) is 12.1 Å². The number of carbonyl (C=O) groups is 6. The van der Waals surface area contributed by atoms with E-state index < -0.39 is 61.0 Å². The molecule has 320 valence electrons. The fraction of sp³-hybridized carbons (Fsp3) is 0.0870. The monoisotopic (exact) mass is 932 g/mol. The summed E-state index contributed by atoms with van der Waals surface area (Å²) in [6.45, 7) is -0.298. The molecule has 15 nitrogen and oxygen atoms in total. The Kier molecular flexibility index (Phi) is 17.9. The van der Waals surface area contributed by atoms with Crippen LogP contribution in [-0.2, 0) is 20.2 Å². The third kappa shape index (κ3) is 12.8. The standard InChI is InChI=1S/C23H17NO6S.C21H12O4.C2H7NO3S.2Na/c25-21-19-4-2-1-3-17(19)18-10-9-16(13-20(18)22(21)26)14-5-7-15(8-6-14)23(27)24-11-12-31(28,29)30;22-19-17-4-2-1-3-15(17)16-10-9-14(11-18(16)20(19)23)12-5-7-13(8-6-12)21(24)25;3-1-2-7(4,5)6;;/h1-10,13H,11-12H2,(H,24,27)(H,28,29,30);1-11H,(H,24,25);1-3H2,(H,4,5,6);;/q;;;2*+1/p-2. The van der Waals surface area contributed by atoms with E-state index in [0.717, 1.165) is 33.4 Å². The van der Waals surface area contributed by atoms with Gasteiger partial charge in [-0.15, -0.1) is 0 Å². The third-order valence-electron chi connectivity index (χ3n) is 9.81. The van der Waals surface area contributed by atoms with Gasteiger partial charge in [-0.25, -0.2) is 8.42 Å². The predicted molar refractivity (Wildman–Crippen MR) is 229 cm³/mol. The van der Waals surface area contributed by atoms with Crippen LogP contribution in [0.15, 0.2) is 133 Å². The first-order valence-electron chi connectivity index (χ1n) is 18.8. The number of amides is 1. The molecule has 4 N–H and O–H groups in total. The fourth-order valence-electron chi connectivity index (χ4n) is 6.77. The normalized spacial score (nSPS) is 12.2. The summed E-state index contributed by atoms with van der Waals surface area (Å²) in [7, 11) is -8.19. The minimum atomic E-state index is -4.40. The minimum absolute atomic E-state index is 0. The van der Waals surface area contributed by atoms with Crippen LogP contribution >= 0.6 is 0 Å². The van der Waals surface area contributed by atoms with Gasteiger partial charge in [-0.3, -0.25) is 28.5 Å². The van der Waals surface area contributed by atoms with Crippen LogP contribution in [0.5, 0.6) is 0 Å². The van der Waals surface area contributed by atoms with E-state index in [1.807, 2.05) is 42.5 Å². The first-order valence-corrected chi connectivity index (χ1v) is 22.0. The van der Waals surface area contributed by atoms with Crippen LogP contribution < -0.4 is 75.3 Å². The Bertz CT molecular complexity index is 3070. The molecule has 0 saturated carbocycles. The maximum absolute atomic E-state index is 12.6. The van der Waals surface area contributed by atoms with Crippen molar-refractivity contribution < 1.29 is 119 Å². The molecule has 1 amide bonds. The predicted octanol–water partition coefficient (Wildman–Crippen LogP) is -1.72. The second-order valence-electron chi connectivity index (χ2n) is 14.0. The van der Waals surface area contributed by atoms with Gasteiger partial charge in [0.05, 0.1) is 27.6 Å². The number of Topliss-reactive ketones (excluding diaryl/α,β-unsaturated/α-hetero) is 4. The maximum Gasteiger partial charge on any atom is 1.00 e. The van der Waals surface area contributed by atoms with Gasteiger partial charge in [0, 0.05) is 40.9 Å². The molecule has 8 rings (SSSR count). The number of aromatic carboxylic acids is 1. The van der Waals surface area contributed by atoms with E-state index in [0.29, 0.717) is 38.9 Å². The molecule has 0 aliphatic heterocycles. The van der Waals surface area contributed by atoms with E-state index in [9.17, 15) is 55.3 Å². The van der Waals surface area contributed by atoms with Crippen LogP contribution in [0.2, 0.25) is 0 Å². The summed E-state index contributed by atoms with van der Waals surface area (Å²) in [5.74, 6) is -4.90. The van der Waals surface area contributed by atoms with Crippen LogP contribution in [0, 0.1) is 0 Å². The van der Waals surface area contributed by atoms with E-state index in [2.05, 4.69) is 5.32 Å². The Morgan fingerprint density at radius 1 is 0.508 bits per heavy atom. The molecular formula is C46H34N2Na2O13S2. The number of carbonyl (C=O) groups excluding carboxylic acids is 6. The van der Waals surface area contributed by atoms with Crippen LogP contribution in [0.1, 0.15) is 62.1 Å². The van der Waals surface area contributed by atoms with Crippen LogP contribution in [0.3, 0.4) is 0 Å². The Labute approximate surface area is 417 Å². The molecule has 19 heteroatoms. The first kappa shape index (κ1) is 52.3. The number of benzene rings is 6. The van der Waals surface area contributed by atoms with Crippen molar-refractivity contribution in [2.24, 2.45) is 5.73 Å². The summed E-state index contributed by atoms with van der Waals surface area (Å²) in [4.78, 5) is 72.8. The maximum atomic E-state index is 12.6. The van der Waals surface area contributed by atoms with Crippen molar-refractivity contribution in [3.63, 3.8) is 0 Å². The zero-order valence-electron chi connectivity index (χ0n) is 34.8. The second-order valence-corrected chi connectivity index (χ2v) is 17.1. The number of nitrogens with one attached hydrogen (secondary N) is 1. The van der Waals surface area contributed by atoms with Crippen LogP contribution in [0.25, 0.3) is 44.5 Å². The topological polar surface area (TPSA) is 275 Å². The summed E-state index contributed by atoms with van der Waals surface area (Å²) in [5, 5.41) is 13.2. The summed E-state index contributed by atoms with van der Waals surface area (Å²) in [6.07, 6.45) is 0. The third-order valence-corrected chi connectivity index (χ3v) is 11.3. The zero-order valence-corrected chi connectivity index (χ0v) is 40.4. The number of carboxylic acid groups (broad SMARTS) is 1. The van der Waals surface area contributed by atoms with Gasteiger partial charge in [0.2, 0.25) is 23.1 Å². The fourth-order valence-corrected chi connectivity index (χ4v) is 7.42. The summed E-state index contributed by atoms with van der Waals surface area (Å²) < 4.78 is 59.2. The van der Waals surface area contributed by atoms with E-state index in [-0.39, 0.29) is 83.5 Å². The van der Waals surface area contributed by atoms with Gasteiger partial charge in [-0.05, 0) is 74.3 Å². The van der Waals surface area contributed by atoms with Gasteiger partial charge in [-0.2, -0.15) is 8.42 Å². The number of hydrogen-bond acceptors (Lipinski definition) is 13. The number of ketones is 4. The van der Waals surface area contributed by atoms with Gasteiger partial charge in [-0.1, -0.05) is 109 Å². The molecule has 65 heavy (non-hydrogen) atoms. The van der Waals surface area contributed by atoms with E-state index in [4.69, 9.17) is 10.3 Å². The molecule has 0 heterocycles. The Morgan fingerprint density at radius 2 is 0.862 bits per heavy atom. The molecule has 0 aromatic heterocycles. The zero-order chi connectivity index (χ0) is 45.6. The molecule has 0 fully saturated rings.